The summed E-state index contributed by atoms with van der Waals surface area (Å²) in [6.45, 7) is 9.53. The van der Waals surface area contributed by atoms with Crippen molar-refractivity contribution in [1.82, 2.24) is 24.3 Å². The van der Waals surface area contributed by atoms with E-state index in [1.54, 1.807) is 35.4 Å². The number of nitrogens with zero attached hydrogens (tertiary/aromatic N) is 5. The number of carbonyl (C=O) groups is 1. The van der Waals surface area contributed by atoms with Gasteiger partial charge in [-0.05, 0) is 45.0 Å². The Bertz CT molecular complexity index is 1130. The lowest BCUT2D eigenvalue weighted by Crippen LogP contribution is -2.55. The molecular formula is C25H28F3N5O. The monoisotopic (exact) mass is 471 g/mol. The second-order valence-corrected chi connectivity index (χ2v) is 9.42. The molecule has 0 spiro atoms. The minimum atomic E-state index is -4.41. The third-order valence-corrected chi connectivity index (χ3v) is 6.16. The van der Waals surface area contributed by atoms with Crippen molar-refractivity contribution in [2.45, 2.75) is 39.0 Å². The molecule has 0 aliphatic carbocycles. The van der Waals surface area contributed by atoms with Crippen molar-refractivity contribution < 1.29 is 18.0 Å². The Morgan fingerprint density at radius 1 is 0.912 bits per heavy atom. The molecule has 34 heavy (non-hydrogen) atoms. The van der Waals surface area contributed by atoms with Crippen LogP contribution in [0.15, 0.2) is 55.1 Å². The molecule has 0 saturated carbocycles. The summed E-state index contributed by atoms with van der Waals surface area (Å²) < 4.78 is 40.8. The maximum absolute atomic E-state index is 13.1. The number of hydrogen-bond acceptors (Lipinski definition) is 4. The molecule has 1 aliphatic rings. The van der Waals surface area contributed by atoms with E-state index in [1.165, 1.54) is 12.1 Å². The molecule has 1 aliphatic heterocycles. The summed E-state index contributed by atoms with van der Waals surface area (Å²) in [5.41, 5.74) is 1.86. The highest BCUT2D eigenvalue weighted by Crippen LogP contribution is 2.34. The van der Waals surface area contributed by atoms with E-state index in [-0.39, 0.29) is 18.0 Å². The zero-order valence-corrected chi connectivity index (χ0v) is 19.5. The highest BCUT2D eigenvalue weighted by molar-refractivity contribution is 5.81. The number of piperazine rings is 1. The van der Waals surface area contributed by atoms with Gasteiger partial charge in [0.15, 0.2) is 0 Å². The van der Waals surface area contributed by atoms with E-state index < -0.39 is 11.7 Å². The van der Waals surface area contributed by atoms with Crippen molar-refractivity contribution in [1.29, 1.82) is 0 Å². The molecule has 0 N–H and O–H groups in total. The molecule has 1 aromatic carbocycles. The maximum Gasteiger partial charge on any atom is 0.416 e. The highest BCUT2D eigenvalue weighted by atomic mass is 19.4. The Morgan fingerprint density at radius 2 is 1.53 bits per heavy atom. The van der Waals surface area contributed by atoms with Crippen LogP contribution in [0.1, 0.15) is 26.3 Å². The van der Waals surface area contributed by atoms with Gasteiger partial charge in [0, 0.05) is 55.2 Å². The molecular weight excluding hydrogens is 443 g/mol. The Kier molecular flexibility index (Phi) is 6.49. The van der Waals surface area contributed by atoms with Crippen LogP contribution >= 0.6 is 0 Å². The van der Waals surface area contributed by atoms with Crippen LogP contribution < -0.4 is 0 Å². The number of amides is 1. The number of halogens is 3. The van der Waals surface area contributed by atoms with Crippen LogP contribution in [-0.4, -0.2) is 62.0 Å². The lowest BCUT2D eigenvalue weighted by Gasteiger charge is -2.42. The molecule has 9 heteroatoms. The smallest absolute Gasteiger partial charge is 0.339 e. The van der Waals surface area contributed by atoms with E-state index in [0.717, 1.165) is 30.8 Å². The van der Waals surface area contributed by atoms with Crippen LogP contribution in [-0.2, 0) is 17.5 Å². The lowest BCUT2D eigenvalue weighted by atomic mass is 10.0. The van der Waals surface area contributed by atoms with E-state index in [0.29, 0.717) is 30.0 Å². The SMILES string of the molecule is CC(C)(C)N1CCN(C(=O)Cn2cnc(-c3ccc(C(F)(F)F)cc3)c2-c2ccncc2)CC1. The van der Waals surface area contributed by atoms with Crippen molar-refractivity contribution in [2.24, 2.45) is 0 Å². The van der Waals surface area contributed by atoms with Gasteiger partial charge in [0.1, 0.15) is 6.54 Å². The fourth-order valence-corrected chi connectivity index (χ4v) is 4.22. The molecule has 3 aromatic rings. The number of hydrogen-bond donors (Lipinski definition) is 0. The standard InChI is InChI=1S/C25H28F3N5O/c1-24(2,3)33-14-12-31(13-15-33)21(34)16-32-17-30-22(23(32)19-8-10-29-11-9-19)18-4-6-20(7-5-18)25(26,27)28/h4-11,17H,12-16H2,1-3H3. The van der Waals surface area contributed by atoms with E-state index in [4.69, 9.17) is 0 Å². The van der Waals surface area contributed by atoms with Crippen molar-refractivity contribution >= 4 is 5.91 Å². The molecule has 1 amide bonds. The maximum atomic E-state index is 13.1. The van der Waals surface area contributed by atoms with Gasteiger partial charge in [0.2, 0.25) is 5.91 Å². The van der Waals surface area contributed by atoms with Crippen LogP contribution in [0, 0.1) is 0 Å². The van der Waals surface area contributed by atoms with Crippen molar-refractivity contribution in [2.75, 3.05) is 26.2 Å². The molecule has 1 saturated heterocycles. The first kappa shape index (κ1) is 23.9. The number of alkyl halides is 3. The van der Waals surface area contributed by atoms with Gasteiger partial charge in [-0.25, -0.2) is 4.98 Å². The molecule has 6 nitrogen and oxygen atoms in total. The molecule has 0 atom stereocenters. The largest absolute Gasteiger partial charge is 0.416 e. The minimum Gasteiger partial charge on any atom is -0.339 e. The van der Waals surface area contributed by atoms with E-state index in [1.807, 2.05) is 4.90 Å². The van der Waals surface area contributed by atoms with Crippen LogP contribution in [0.4, 0.5) is 13.2 Å². The van der Waals surface area contributed by atoms with Gasteiger partial charge in [0.25, 0.3) is 0 Å². The predicted molar refractivity (Wildman–Crippen MR) is 124 cm³/mol. The number of imidazole rings is 1. The highest BCUT2D eigenvalue weighted by Gasteiger charge is 2.31. The minimum absolute atomic E-state index is 0.0137. The van der Waals surface area contributed by atoms with E-state index in [9.17, 15) is 18.0 Å². The first-order valence-electron chi connectivity index (χ1n) is 11.2. The van der Waals surface area contributed by atoms with Gasteiger partial charge in [-0.2, -0.15) is 13.2 Å². The van der Waals surface area contributed by atoms with Gasteiger partial charge in [-0.15, -0.1) is 0 Å². The van der Waals surface area contributed by atoms with Crippen LogP contribution in [0.5, 0.6) is 0 Å². The fourth-order valence-electron chi connectivity index (χ4n) is 4.22. The van der Waals surface area contributed by atoms with E-state index in [2.05, 4.69) is 35.6 Å². The summed E-state index contributed by atoms with van der Waals surface area (Å²) in [6, 6.07) is 8.51. The summed E-state index contributed by atoms with van der Waals surface area (Å²) in [7, 11) is 0. The van der Waals surface area contributed by atoms with Gasteiger partial charge >= 0.3 is 6.18 Å². The Balaban J connectivity index is 1.60. The number of rotatable bonds is 4. The molecule has 0 bridgehead atoms. The fraction of sp³-hybridized carbons (Fsp3) is 0.400. The number of carbonyl (C=O) groups excluding carboxylic acids is 1. The third-order valence-electron chi connectivity index (χ3n) is 6.16. The molecule has 180 valence electrons. The lowest BCUT2D eigenvalue weighted by molar-refractivity contribution is -0.137. The normalized spacial score (nSPS) is 15.5. The Labute approximate surface area is 197 Å². The van der Waals surface area contributed by atoms with Crippen LogP contribution in [0.25, 0.3) is 22.5 Å². The number of aromatic nitrogens is 3. The molecule has 0 radical (unpaired) electrons. The average Bonchev–Trinajstić information content (AvgIpc) is 3.22. The molecule has 3 heterocycles. The van der Waals surface area contributed by atoms with Gasteiger partial charge in [-0.1, -0.05) is 12.1 Å². The zero-order valence-electron chi connectivity index (χ0n) is 19.5. The number of benzene rings is 1. The molecule has 1 fully saturated rings. The summed E-state index contributed by atoms with van der Waals surface area (Å²) in [5.74, 6) is -0.0137. The summed E-state index contributed by atoms with van der Waals surface area (Å²) in [4.78, 5) is 25.9. The van der Waals surface area contributed by atoms with Crippen molar-refractivity contribution in [3.63, 3.8) is 0 Å². The first-order valence-corrected chi connectivity index (χ1v) is 11.2. The molecule has 2 aromatic heterocycles. The second kappa shape index (κ2) is 9.21. The average molecular weight is 472 g/mol. The van der Waals surface area contributed by atoms with Gasteiger partial charge in [0.05, 0.1) is 23.3 Å². The summed E-state index contributed by atoms with van der Waals surface area (Å²) in [5, 5.41) is 0. The van der Waals surface area contributed by atoms with Crippen LogP contribution in [0.3, 0.4) is 0 Å². The predicted octanol–water partition coefficient (Wildman–Crippen LogP) is 4.57. The Morgan fingerprint density at radius 3 is 2.09 bits per heavy atom. The quantitative estimate of drug-likeness (QED) is 0.559. The van der Waals surface area contributed by atoms with Gasteiger partial charge in [-0.3, -0.25) is 14.7 Å². The number of pyridine rings is 1. The zero-order chi connectivity index (χ0) is 24.5. The van der Waals surface area contributed by atoms with E-state index >= 15 is 0 Å². The van der Waals surface area contributed by atoms with Gasteiger partial charge < -0.3 is 9.47 Å². The van der Waals surface area contributed by atoms with Crippen molar-refractivity contribution in [3.05, 3.63) is 60.7 Å². The third kappa shape index (κ3) is 5.14. The topological polar surface area (TPSA) is 54.3 Å². The summed E-state index contributed by atoms with van der Waals surface area (Å²) in [6.07, 6.45) is 0.439. The molecule has 0 unspecified atom stereocenters. The van der Waals surface area contributed by atoms with Crippen molar-refractivity contribution in [3.8, 4) is 22.5 Å². The Hall–Kier alpha value is -3.20. The first-order chi connectivity index (χ1) is 16.0. The van der Waals surface area contributed by atoms with Crippen LogP contribution in [0.2, 0.25) is 0 Å². The second-order valence-electron chi connectivity index (χ2n) is 9.42. The molecule has 4 rings (SSSR count). The summed E-state index contributed by atoms with van der Waals surface area (Å²) >= 11 is 0.